The Labute approximate surface area is 369 Å². The standard InChI is InChI=1S/C49H97O10P/c1-3-5-7-9-11-13-15-17-19-21-22-23-24-25-27-29-31-33-35-37-39-41-49(53)59-47(45-58-60(54,55)57-43-46(51)42-50)44-56-48(52)40-38-36-34-32-30-28-26-20-18-16-14-12-10-8-6-4-2/h46-47,50-51H,3-45H2,1-2H3,(H,54,55). The number of aliphatic hydroxyl groups excluding tert-OH is 2. The Morgan fingerprint density at radius 2 is 0.717 bits per heavy atom. The number of phosphoric ester groups is 1. The van der Waals surface area contributed by atoms with Gasteiger partial charge < -0.3 is 24.6 Å². The fraction of sp³-hybridized carbons (Fsp3) is 0.959. The molecule has 0 heterocycles. The molecule has 0 aliphatic heterocycles. The molecular formula is C49H97O10P. The van der Waals surface area contributed by atoms with Gasteiger partial charge in [-0.1, -0.05) is 239 Å². The van der Waals surface area contributed by atoms with Crippen LogP contribution in [0.2, 0.25) is 0 Å². The van der Waals surface area contributed by atoms with Crippen molar-refractivity contribution in [1.29, 1.82) is 0 Å². The average Bonchev–Trinajstić information content (AvgIpc) is 3.24. The molecule has 0 saturated heterocycles. The van der Waals surface area contributed by atoms with Gasteiger partial charge in [-0.2, -0.15) is 0 Å². The number of ether oxygens (including phenoxy) is 2. The van der Waals surface area contributed by atoms with Gasteiger partial charge in [0.05, 0.1) is 19.8 Å². The molecule has 0 aromatic rings. The topological polar surface area (TPSA) is 149 Å². The number of rotatable bonds is 49. The predicted molar refractivity (Wildman–Crippen MR) is 247 cm³/mol. The minimum Gasteiger partial charge on any atom is -0.462 e. The first-order valence-electron chi connectivity index (χ1n) is 25.5. The van der Waals surface area contributed by atoms with Crippen LogP contribution in [0, 0.1) is 0 Å². The van der Waals surface area contributed by atoms with Crippen LogP contribution in [0.15, 0.2) is 0 Å². The van der Waals surface area contributed by atoms with Gasteiger partial charge in [-0.05, 0) is 12.8 Å². The van der Waals surface area contributed by atoms with Crippen LogP contribution in [0.1, 0.15) is 264 Å². The maximum atomic E-state index is 12.7. The molecule has 0 aromatic heterocycles. The van der Waals surface area contributed by atoms with E-state index in [-0.39, 0.29) is 19.4 Å². The van der Waals surface area contributed by atoms with Crippen molar-refractivity contribution in [2.45, 2.75) is 276 Å². The number of unbranched alkanes of at least 4 members (excludes halogenated alkanes) is 35. The summed E-state index contributed by atoms with van der Waals surface area (Å²) in [7, 11) is -4.61. The van der Waals surface area contributed by atoms with Crippen molar-refractivity contribution in [3.05, 3.63) is 0 Å². The molecule has 358 valence electrons. The molecule has 3 atom stereocenters. The maximum Gasteiger partial charge on any atom is 0.472 e. The van der Waals surface area contributed by atoms with Crippen molar-refractivity contribution < 1.29 is 47.8 Å². The van der Waals surface area contributed by atoms with E-state index in [2.05, 4.69) is 13.8 Å². The molecule has 0 aromatic carbocycles. The van der Waals surface area contributed by atoms with E-state index in [9.17, 15) is 24.2 Å². The number of esters is 2. The van der Waals surface area contributed by atoms with Gasteiger partial charge in [0.1, 0.15) is 12.7 Å². The summed E-state index contributed by atoms with van der Waals surface area (Å²) in [6, 6.07) is 0. The Morgan fingerprint density at radius 3 is 1.03 bits per heavy atom. The molecule has 0 radical (unpaired) electrons. The van der Waals surface area contributed by atoms with Crippen LogP contribution in [0.5, 0.6) is 0 Å². The highest BCUT2D eigenvalue weighted by molar-refractivity contribution is 7.47. The largest absolute Gasteiger partial charge is 0.472 e. The van der Waals surface area contributed by atoms with Crippen LogP contribution in [0.3, 0.4) is 0 Å². The van der Waals surface area contributed by atoms with Crippen molar-refractivity contribution in [3.8, 4) is 0 Å². The number of carbonyl (C=O) groups is 2. The molecule has 0 rings (SSSR count). The maximum absolute atomic E-state index is 12.7. The lowest BCUT2D eigenvalue weighted by Gasteiger charge is -2.20. The van der Waals surface area contributed by atoms with Gasteiger partial charge >= 0.3 is 19.8 Å². The van der Waals surface area contributed by atoms with Crippen LogP contribution in [0.4, 0.5) is 0 Å². The molecule has 11 heteroatoms. The van der Waals surface area contributed by atoms with Gasteiger partial charge in [-0.25, -0.2) is 4.57 Å². The lowest BCUT2D eigenvalue weighted by atomic mass is 10.0. The van der Waals surface area contributed by atoms with Crippen LogP contribution in [-0.4, -0.2) is 65.7 Å². The number of aliphatic hydroxyl groups is 2. The fourth-order valence-electron chi connectivity index (χ4n) is 7.59. The molecule has 3 N–H and O–H groups in total. The highest BCUT2D eigenvalue weighted by Crippen LogP contribution is 2.43. The summed E-state index contributed by atoms with van der Waals surface area (Å²) in [6.45, 7) is 2.45. The first-order valence-corrected chi connectivity index (χ1v) is 27.0. The van der Waals surface area contributed by atoms with Crippen molar-refractivity contribution in [3.63, 3.8) is 0 Å². The third-order valence-electron chi connectivity index (χ3n) is 11.5. The van der Waals surface area contributed by atoms with E-state index in [4.69, 9.17) is 23.6 Å². The summed E-state index contributed by atoms with van der Waals surface area (Å²) >= 11 is 0. The molecule has 60 heavy (non-hydrogen) atoms. The smallest absolute Gasteiger partial charge is 0.462 e. The Bertz CT molecular complexity index is 966. The molecule has 10 nitrogen and oxygen atoms in total. The minimum atomic E-state index is -4.61. The predicted octanol–water partition coefficient (Wildman–Crippen LogP) is 14.2. The number of phosphoric acid groups is 1. The Balaban J connectivity index is 4.12. The Morgan fingerprint density at radius 1 is 0.433 bits per heavy atom. The Kier molecular flexibility index (Phi) is 45.2. The number of hydrogen-bond acceptors (Lipinski definition) is 9. The zero-order valence-electron chi connectivity index (χ0n) is 39.2. The molecule has 0 aliphatic carbocycles. The van der Waals surface area contributed by atoms with E-state index in [1.165, 1.54) is 193 Å². The van der Waals surface area contributed by atoms with Gasteiger partial charge in [0.2, 0.25) is 0 Å². The monoisotopic (exact) mass is 877 g/mol. The van der Waals surface area contributed by atoms with Gasteiger partial charge in [-0.3, -0.25) is 18.6 Å². The van der Waals surface area contributed by atoms with E-state index in [1.54, 1.807) is 0 Å². The summed E-state index contributed by atoms with van der Waals surface area (Å²) in [5.41, 5.74) is 0. The van der Waals surface area contributed by atoms with Crippen LogP contribution >= 0.6 is 7.82 Å². The van der Waals surface area contributed by atoms with Crippen LogP contribution in [-0.2, 0) is 32.7 Å². The summed E-state index contributed by atoms with van der Waals surface area (Å²) in [5, 5.41) is 18.4. The number of carbonyl (C=O) groups excluding carboxylic acids is 2. The lowest BCUT2D eigenvalue weighted by molar-refractivity contribution is -0.161. The lowest BCUT2D eigenvalue weighted by Crippen LogP contribution is -2.29. The van der Waals surface area contributed by atoms with Crippen molar-refractivity contribution in [2.24, 2.45) is 0 Å². The first kappa shape index (κ1) is 59.0. The zero-order chi connectivity index (χ0) is 44.0. The molecule has 3 unspecified atom stereocenters. The molecule has 0 amide bonds. The van der Waals surface area contributed by atoms with E-state index in [0.29, 0.717) is 12.8 Å². The van der Waals surface area contributed by atoms with Gasteiger partial charge in [0.15, 0.2) is 6.10 Å². The van der Waals surface area contributed by atoms with E-state index in [1.807, 2.05) is 0 Å². The van der Waals surface area contributed by atoms with E-state index < -0.39 is 51.8 Å². The molecular weight excluding hydrogens is 780 g/mol. The van der Waals surface area contributed by atoms with Crippen LogP contribution in [0.25, 0.3) is 0 Å². The quantitative estimate of drug-likeness (QED) is 0.0306. The molecule has 0 bridgehead atoms. The van der Waals surface area contributed by atoms with E-state index >= 15 is 0 Å². The molecule has 0 fully saturated rings. The van der Waals surface area contributed by atoms with Gasteiger partial charge in [-0.15, -0.1) is 0 Å². The number of hydrogen-bond donors (Lipinski definition) is 3. The van der Waals surface area contributed by atoms with Crippen molar-refractivity contribution >= 4 is 19.8 Å². The second-order valence-electron chi connectivity index (χ2n) is 17.6. The summed E-state index contributed by atoms with van der Waals surface area (Å²) < 4.78 is 32.9. The summed E-state index contributed by atoms with van der Waals surface area (Å²) in [6.07, 6.45) is 45.0. The molecule has 0 spiro atoms. The average molecular weight is 877 g/mol. The summed E-state index contributed by atoms with van der Waals surface area (Å²) in [5.74, 6) is -0.903. The third-order valence-corrected chi connectivity index (χ3v) is 12.5. The minimum absolute atomic E-state index is 0.193. The Hall–Kier alpha value is -1.03. The SMILES string of the molecule is CCCCCCCCCCCCCCCCCCCCCCCC(=O)OC(COC(=O)CCCCCCCCCCCCCCCCCC)COP(=O)(O)OCC(O)CO. The van der Waals surface area contributed by atoms with Gasteiger partial charge in [0.25, 0.3) is 0 Å². The third kappa shape index (κ3) is 45.0. The fourth-order valence-corrected chi connectivity index (χ4v) is 8.37. The second-order valence-corrected chi connectivity index (χ2v) is 19.0. The normalized spacial score (nSPS) is 13.6. The van der Waals surface area contributed by atoms with E-state index in [0.717, 1.165) is 32.1 Å². The molecule has 0 saturated carbocycles. The molecule has 0 aliphatic rings. The second kappa shape index (κ2) is 46.0. The zero-order valence-corrected chi connectivity index (χ0v) is 40.1. The van der Waals surface area contributed by atoms with Crippen molar-refractivity contribution in [2.75, 3.05) is 26.4 Å². The van der Waals surface area contributed by atoms with Crippen LogP contribution < -0.4 is 0 Å². The van der Waals surface area contributed by atoms with Crippen molar-refractivity contribution in [1.82, 2.24) is 0 Å². The highest BCUT2D eigenvalue weighted by atomic mass is 31.2. The highest BCUT2D eigenvalue weighted by Gasteiger charge is 2.27. The van der Waals surface area contributed by atoms with Gasteiger partial charge in [0, 0.05) is 12.8 Å². The first-order chi connectivity index (χ1) is 29.2. The summed E-state index contributed by atoms with van der Waals surface area (Å²) in [4.78, 5) is 35.1.